The molecule has 1 heterocycles. The minimum absolute atomic E-state index is 0.395. The fourth-order valence-electron chi connectivity index (χ4n) is 1.32. The van der Waals surface area contributed by atoms with Crippen molar-refractivity contribution in [2.45, 2.75) is 36.8 Å². The third-order valence-corrected chi connectivity index (χ3v) is 5.47. The monoisotopic (exact) mass is 271 g/mol. The highest BCUT2D eigenvalue weighted by atomic mass is 32.2. The van der Waals surface area contributed by atoms with E-state index in [2.05, 4.69) is 10.6 Å². The lowest BCUT2D eigenvalue weighted by Crippen LogP contribution is -2.23. The van der Waals surface area contributed by atoms with Gasteiger partial charge in [-0.2, -0.15) is 0 Å². The molecule has 0 spiro atoms. The molecule has 0 bridgehead atoms. The molecule has 3 nitrogen and oxygen atoms in total. The van der Waals surface area contributed by atoms with E-state index in [0.717, 1.165) is 24.1 Å². The Hall–Kier alpha value is -0.830. The molecule has 0 aliphatic carbocycles. The number of unbranched alkanes of at least 4 members (excludes halogenated alkanes) is 2. The largest absolute Gasteiger partial charge is 0.250 e. The molecule has 1 aromatic heterocycles. The third-order valence-electron chi connectivity index (χ3n) is 2.29. The molecule has 17 heavy (non-hydrogen) atoms. The van der Waals surface area contributed by atoms with E-state index in [0.29, 0.717) is 17.2 Å². The summed E-state index contributed by atoms with van der Waals surface area (Å²) in [6, 6.07) is 3.52. The minimum Gasteiger partial charge on any atom is -0.210 e. The van der Waals surface area contributed by atoms with E-state index in [9.17, 15) is 8.42 Å². The summed E-state index contributed by atoms with van der Waals surface area (Å²) in [6.45, 7) is 2.46. The van der Waals surface area contributed by atoms with E-state index in [1.165, 1.54) is 11.3 Å². The molecule has 0 amide bonds. The van der Waals surface area contributed by atoms with Gasteiger partial charge in [-0.15, -0.1) is 23.7 Å². The van der Waals surface area contributed by atoms with Crippen molar-refractivity contribution in [2.24, 2.45) is 0 Å². The molecule has 0 aliphatic rings. The van der Waals surface area contributed by atoms with Gasteiger partial charge >= 0.3 is 0 Å². The Bertz CT molecular complexity index is 483. The summed E-state index contributed by atoms with van der Waals surface area (Å²) < 4.78 is 26.7. The highest BCUT2D eigenvalue weighted by molar-refractivity contribution is 7.91. The maximum atomic E-state index is 11.9. The van der Waals surface area contributed by atoms with E-state index in [4.69, 9.17) is 6.42 Å². The summed E-state index contributed by atoms with van der Waals surface area (Å²) in [5, 5.41) is 0. The molecular weight excluding hydrogens is 254 g/mol. The molecule has 0 radical (unpaired) electrons. The molecule has 0 unspecified atom stereocenters. The van der Waals surface area contributed by atoms with E-state index in [-0.39, 0.29) is 0 Å². The van der Waals surface area contributed by atoms with Crippen LogP contribution in [0.3, 0.4) is 0 Å². The van der Waals surface area contributed by atoms with Crippen LogP contribution >= 0.6 is 11.3 Å². The first-order chi connectivity index (χ1) is 8.10. The van der Waals surface area contributed by atoms with Gasteiger partial charge in [0.25, 0.3) is 0 Å². The summed E-state index contributed by atoms with van der Waals surface area (Å²) in [5.41, 5.74) is 0. The first-order valence-electron chi connectivity index (χ1n) is 5.62. The zero-order chi connectivity index (χ0) is 12.7. The number of hydrogen-bond donors (Lipinski definition) is 1. The van der Waals surface area contributed by atoms with Gasteiger partial charge in [0.1, 0.15) is 4.21 Å². The van der Waals surface area contributed by atoms with E-state index in [1.807, 2.05) is 13.0 Å². The molecule has 0 aliphatic heterocycles. The number of terminal acetylenes is 1. The fourth-order valence-corrected chi connectivity index (χ4v) is 3.74. The van der Waals surface area contributed by atoms with Gasteiger partial charge < -0.3 is 0 Å². The van der Waals surface area contributed by atoms with Crippen molar-refractivity contribution >= 4 is 21.4 Å². The standard InChI is InChI=1S/C12H17NO2S2/c1-3-5-6-7-10-13-17(14,15)12-9-8-11(4-2)16-12/h1,8-9,13H,4-7,10H2,2H3. The van der Waals surface area contributed by atoms with E-state index in [1.54, 1.807) is 6.07 Å². The Morgan fingerprint density at radius 1 is 1.41 bits per heavy atom. The Balaban J connectivity index is 2.49. The average molecular weight is 271 g/mol. The van der Waals surface area contributed by atoms with Gasteiger partial charge in [-0.3, -0.25) is 0 Å². The highest BCUT2D eigenvalue weighted by Crippen LogP contribution is 2.21. The fraction of sp³-hybridized carbons (Fsp3) is 0.500. The molecule has 94 valence electrons. The van der Waals surface area contributed by atoms with Gasteiger partial charge in [0.05, 0.1) is 0 Å². The van der Waals surface area contributed by atoms with Crippen molar-refractivity contribution < 1.29 is 8.42 Å². The van der Waals surface area contributed by atoms with Crippen LogP contribution in [0.2, 0.25) is 0 Å². The van der Waals surface area contributed by atoms with Gasteiger partial charge in [-0.25, -0.2) is 13.1 Å². The second-order valence-corrected chi connectivity index (χ2v) is 6.80. The molecule has 0 saturated carbocycles. The molecule has 5 heteroatoms. The predicted molar refractivity (Wildman–Crippen MR) is 71.6 cm³/mol. The van der Waals surface area contributed by atoms with Gasteiger partial charge in [0, 0.05) is 17.8 Å². The number of aryl methyl sites for hydroxylation is 1. The summed E-state index contributed by atoms with van der Waals surface area (Å²) in [7, 11) is -3.32. The summed E-state index contributed by atoms with van der Waals surface area (Å²) in [5.74, 6) is 2.53. The number of sulfonamides is 1. The van der Waals surface area contributed by atoms with Crippen LogP contribution in [0.15, 0.2) is 16.3 Å². The molecule has 1 aromatic rings. The van der Waals surface area contributed by atoms with Crippen LogP contribution in [-0.2, 0) is 16.4 Å². The summed E-state index contributed by atoms with van der Waals surface area (Å²) in [4.78, 5) is 1.08. The highest BCUT2D eigenvalue weighted by Gasteiger charge is 2.15. The summed E-state index contributed by atoms with van der Waals surface area (Å²) in [6.07, 6.45) is 8.30. The number of nitrogens with one attached hydrogen (secondary N) is 1. The molecule has 0 fully saturated rings. The van der Waals surface area contributed by atoms with Crippen LogP contribution in [0, 0.1) is 12.3 Å². The maximum absolute atomic E-state index is 11.9. The lowest BCUT2D eigenvalue weighted by molar-refractivity contribution is 0.579. The first-order valence-corrected chi connectivity index (χ1v) is 7.92. The summed E-state index contributed by atoms with van der Waals surface area (Å²) >= 11 is 1.33. The molecule has 1 rings (SSSR count). The maximum Gasteiger partial charge on any atom is 0.250 e. The van der Waals surface area contributed by atoms with Gasteiger partial charge in [-0.05, 0) is 31.4 Å². The minimum atomic E-state index is -3.32. The van der Waals surface area contributed by atoms with Crippen LogP contribution in [0.4, 0.5) is 0 Å². The van der Waals surface area contributed by atoms with E-state index >= 15 is 0 Å². The normalized spacial score (nSPS) is 11.3. The third kappa shape index (κ3) is 4.50. The molecule has 0 atom stereocenters. The smallest absolute Gasteiger partial charge is 0.210 e. The zero-order valence-corrected chi connectivity index (χ0v) is 11.5. The Morgan fingerprint density at radius 3 is 2.76 bits per heavy atom. The molecule has 0 aromatic carbocycles. The Labute approximate surface area is 107 Å². The molecular formula is C12H17NO2S2. The lowest BCUT2D eigenvalue weighted by atomic mass is 10.2. The van der Waals surface area contributed by atoms with Gasteiger partial charge in [0.15, 0.2) is 0 Å². The first kappa shape index (κ1) is 14.2. The number of rotatable bonds is 7. The van der Waals surface area contributed by atoms with Crippen LogP contribution in [0.25, 0.3) is 0 Å². The zero-order valence-electron chi connectivity index (χ0n) is 9.90. The van der Waals surface area contributed by atoms with E-state index < -0.39 is 10.0 Å². The van der Waals surface area contributed by atoms with Crippen LogP contribution in [0.1, 0.15) is 31.1 Å². The van der Waals surface area contributed by atoms with Crippen molar-refractivity contribution in [3.63, 3.8) is 0 Å². The van der Waals surface area contributed by atoms with Crippen LogP contribution < -0.4 is 4.72 Å². The average Bonchev–Trinajstić information content (AvgIpc) is 2.78. The topological polar surface area (TPSA) is 46.2 Å². The molecule has 1 N–H and O–H groups in total. The van der Waals surface area contributed by atoms with Crippen molar-refractivity contribution in [3.05, 3.63) is 17.0 Å². The Kier molecular flexibility index (Phi) is 5.69. The number of thiophene rings is 1. The quantitative estimate of drug-likeness (QED) is 0.611. The van der Waals surface area contributed by atoms with Gasteiger partial charge in [-0.1, -0.05) is 6.92 Å². The Morgan fingerprint density at radius 2 is 2.18 bits per heavy atom. The van der Waals surface area contributed by atoms with Crippen molar-refractivity contribution in [3.8, 4) is 12.3 Å². The predicted octanol–water partition coefficient (Wildman–Crippen LogP) is 2.39. The van der Waals surface area contributed by atoms with Crippen LogP contribution in [0.5, 0.6) is 0 Å². The van der Waals surface area contributed by atoms with Crippen molar-refractivity contribution in [2.75, 3.05) is 6.54 Å². The lowest BCUT2D eigenvalue weighted by Gasteiger charge is -2.03. The second kappa shape index (κ2) is 6.80. The molecule has 0 saturated heterocycles. The SMILES string of the molecule is C#CCCCCNS(=O)(=O)c1ccc(CC)s1. The number of hydrogen-bond acceptors (Lipinski definition) is 3. The second-order valence-electron chi connectivity index (χ2n) is 3.63. The van der Waals surface area contributed by atoms with Crippen molar-refractivity contribution in [1.82, 2.24) is 4.72 Å². The van der Waals surface area contributed by atoms with Gasteiger partial charge in [0.2, 0.25) is 10.0 Å². The van der Waals surface area contributed by atoms with Crippen molar-refractivity contribution in [1.29, 1.82) is 0 Å². The van der Waals surface area contributed by atoms with Crippen LogP contribution in [-0.4, -0.2) is 15.0 Å².